The number of H-pyrrole nitrogens is 1. The van der Waals surface area contributed by atoms with Crippen LogP contribution in [-0.4, -0.2) is 69.1 Å². The summed E-state index contributed by atoms with van der Waals surface area (Å²) >= 11 is 0. The number of nitrogens with zero attached hydrogens (tertiary/aromatic N) is 6. The summed E-state index contributed by atoms with van der Waals surface area (Å²) in [7, 11) is 4.19. The number of halogens is 2. The fourth-order valence-corrected chi connectivity index (χ4v) is 3.55. The van der Waals surface area contributed by atoms with E-state index in [1.54, 1.807) is 24.7 Å². The molecule has 0 amide bonds. The number of hydrogen-bond acceptors (Lipinski definition) is 7. The van der Waals surface area contributed by atoms with E-state index in [4.69, 9.17) is 0 Å². The van der Waals surface area contributed by atoms with Gasteiger partial charge in [0.25, 0.3) is 0 Å². The maximum absolute atomic E-state index is 10.4. The number of aromatic amines is 1. The molecule has 2 aromatic heterocycles. The van der Waals surface area contributed by atoms with E-state index in [-0.39, 0.29) is 30.6 Å². The van der Waals surface area contributed by atoms with Crippen LogP contribution in [0.1, 0.15) is 6.42 Å². The molecular weight excluding hydrogens is 413 g/mol. The Hall–Kier alpha value is -2.42. The Bertz CT molecular complexity index is 903. The Morgan fingerprint density at radius 2 is 2.00 bits per heavy atom. The van der Waals surface area contributed by atoms with Crippen LogP contribution in [0.5, 0.6) is 5.75 Å². The minimum absolute atomic E-state index is 0. The summed E-state index contributed by atoms with van der Waals surface area (Å²) in [6, 6.07) is 5.44. The molecule has 0 bridgehead atoms. The highest BCUT2D eigenvalue weighted by molar-refractivity contribution is 5.85. The molecule has 8 nitrogen and oxygen atoms in total. The van der Waals surface area contributed by atoms with Crippen molar-refractivity contribution in [3.63, 3.8) is 0 Å². The first kappa shape index (κ1) is 22.9. The normalized spacial score (nSPS) is 15.8. The second kappa shape index (κ2) is 9.87. The van der Waals surface area contributed by atoms with Crippen LogP contribution in [0.4, 0.5) is 5.95 Å². The van der Waals surface area contributed by atoms with E-state index in [0.29, 0.717) is 23.1 Å². The van der Waals surface area contributed by atoms with Crippen molar-refractivity contribution in [1.82, 2.24) is 30.3 Å². The van der Waals surface area contributed by atoms with Gasteiger partial charge in [0, 0.05) is 37.0 Å². The van der Waals surface area contributed by atoms with Crippen LogP contribution < -0.4 is 4.90 Å². The Kier molecular flexibility index (Phi) is 7.78. The van der Waals surface area contributed by atoms with Gasteiger partial charge in [-0.1, -0.05) is 6.07 Å². The number of phenolic OH excluding ortho intramolecular Hbond substituents is 1. The number of aromatic hydroxyl groups is 1. The lowest BCUT2D eigenvalue weighted by molar-refractivity contribution is 0.340. The summed E-state index contributed by atoms with van der Waals surface area (Å²) in [5, 5.41) is 25.7. The summed E-state index contributed by atoms with van der Waals surface area (Å²) in [5.74, 6) is 1.42. The molecule has 4 rings (SSSR count). The fourth-order valence-electron chi connectivity index (χ4n) is 3.55. The van der Waals surface area contributed by atoms with Crippen molar-refractivity contribution in [2.75, 3.05) is 38.6 Å². The van der Waals surface area contributed by atoms with Crippen LogP contribution in [0.2, 0.25) is 0 Å². The number of aromatic nitrogens is 5. The van der Waals surface area contributed by atoms with Crippen LogP contribution in [0, 0.1) is 5.92 Å². The van der Waals surface area contributed by atoms with E-state index >= 15 is 0 Å². The second-order valence-electron chi connectivity index (χ2n) is 7.23. The van der Waals surface area contributed by atoms with Crippen molar-refractivity contribution in [2.24, 2.45) is 5.92 Å². The van der Waals surface area contributed by atoms with Crippen molar-refractivity contribution < 1.29 is 5.11 Å². The Morgan fingerprint density at radius 3 is 2.62 bits per heavy atom. The lowest BCUT2D eigenvalue weighted by Gasteiger charge is -2.18. The third-order valence-corrected chi connectivity index (χ3v) is 4.85. The Labute approximate surface area is 182 Å². The van der Waals surface area contributed by atoms with Gasteiger partial charge in [-0.2, -0.15) is 5.10 Å². The quantitative estimate of drug-likeness (QED) is 0.633. The summed E-state index contributed by atoms with van der Waals surface area (Å²) in [6.45, 7) is 2.97. The molecule has 29 heavy (non-hydrogen) atoms. The van der Waals surface area contributed by atoms with Crippen LogP contribution in [0.3, 0.4) is 0 Å². The van der Waals surface area contributed by atoms with Gasteiger partial charge in [0.05, 0.1) is 12.4 Å². The van der Waals surface area contributed by atoms with Gasteiger partial charge in [0.1, 0.15) is 11.4 Å². The maximum Gasteiger partial charge on any atom is 0.245 e. The number of nitrogens with one attached hydrogen (secondary N) is 1. The minimum atomic E-state index is 0. The molecule has 10 heteroatoms. The van der Waals surface area contributed by atoms with Gasteiger partial charge in [-0.25, -0.2) is 4.98 Å². The van der Waals surface area contributed by atoms with Crippen LogP contribution in [0.15, 0.2) is 36.8 Å². The molecule has 1 saturated heterocycles. The highest BCUT2D eigenvalue weighted by Crippen LogP contribution is 2.32. The van der Waals surface area contributed by atoms with Crippen LogP contribution in [0.25, 0.3) is 22.4 Å². The molecule has 156 valence electrons. The monoisotopic (exact) mass is 437 g/mol. The molecule has 3 heterocycles. The maximum atomic E-state index is 10.4. The van der Waals surface area contributed by atoms with Gasteiger partial charge < -0.3 is 14.9 Å². The summed E-state index contributed by atoms with van der Waals surface area (Å²) in [5.41, 5.74) is 2.96. The molecule has 1 fully saturated rings. The average Bonchev–Trinajstić information content (AvgIpc) is 3.33. The predicted octanol–water partition coefficient (Wildman–Crippen LogP) is 2.87. The second-order valence-corrected chi connectivity index (χ2v) is 7.23. The molecule has 0 aliphatic carbocycles. The Morgan fingerprint density at radius 1 is 1.17 bits per heavy atom. The topological polar surface area (TPSA) is 94.1 Å². The summed E-state index contributed by atoms with van der Waals surface area (Å²) in [4.78, 5) is 8.86. The van der Waals surface area contributed by atoms with Gasteiger partial charge >= 0.3 is 0 Å². The van der Waals surface area contributed by atoms with Gasteiger partial charge in [0.2, 0.25) is 5.95 Å². The standard InChI is InChI=1S/C19H23N7O.2ClH/c1-25(2)11-13-5-6-26(12-13)19-20-10-17(23-24-19)16-4-3-14(7-18(16)27)15-8-21-22-9-15;;/h3-4,7-10,13,27H,5-6,11-12H2,1-2H3,(H,21,22);2*1H. The third-order valence-electron chi connectivity index (χ3n) is 4.85. The Balaban J connectivity index is 0.00000150. The molecule has 3 aromatic rings. The minimum Gasteiger partial charge on any atom is -0.507 e. The zero-order valence-corrected chi connectivity index (χ0v) is 17.9. The van der Waals surface area contributed by atoms with Crippen LogP contribution in [-0.2, 0) is 0 Å². The van der Waals surface area contributed by atoms with Crippen molar-refractivity contribution in [2.45, 2.75) is 6.42 Å². The molecule has 1 aromatic carbocycles. The zero-order valence-electron chi connectivity index (χ0n) is 16.3. The zero-order chi connectivity index (χ0) is 18.8. The molecular formula is C19H25Cl2N7O. The molecule has 1 aliphatic rings. The van der Waals surface area contributed by atoms with E-state index in [0.717, 1.165) is 37.2 Å². The van der Waals surface area contributed by atoms with Gasteiger partial charge in [-0.3, -0.25) is 5.10 Å². The molecule has 0 saturated carbocycles. The van der Waals surface area contributed by atoms with E-state index in [1.807, 2.05) is 12.1 Å². The SMILES string of the molecule is CN(C)CC1CCN(c2ncc(-c3ccc(-c4cn[nH]c4)cc3O)nn2)C1.Cl.Cl. The average molecular weight is 438 g/mol. The van der Waals surface area contributed by atoms with E-state index in [9.17, 15) is 5.11 Å². The van der Waals surface area contributed by atoms with Crippen molar-refractivity contribution in [3.05, 3.63) is 36.8 Å². The molecule has 1 atom stereocenters. The lowest BCUT2D eigenvalue weighted by atomic mass is 10.0. The predicted molar refractivity (Wildman–Crippen MR) is 118 cm³/mol. The summed E-state index contributed by atoms with van der Waals surface area (Å²) in [6.07, 6.45) is 6.31. The largest absolute Gasteiger partial charge is 0.507 e. The smallest absolute Gasteiger partial charge is 0.245 e. The number of anilines is 1. The fraction of sp³-hybridized carbons (Fsp3) is 0.368. The highest BCUT2D eigenvalue weighted by Gasteiger charge is 2.25. The number of benzene rings is 1. The highest BCUT2D eigenvalue weighted by atomic mass is 35.5. The number of hydrogen-bond donors (Lipinski definition) is 2. The first-order valence-electron chi connectivity index (χ1n) is 9.02. The lowest BCUT2D eigenvalue weighted by Crippen LogP contribution is -2.26. The van der Waals surface area contributed by atoms with Crippen molar-refractivity contribution in [3.8, 4) is 28.1 Å². The molecule has 0 radical (unpaired) electrons. The van der Waals surface area contributed by atoms with E-state index in [1.165, 1.54) is 0 Å². The van der Waals surface area contributed by atoms with Crippen molar-refractivity contribution in [1.29, 1.82) is 0 Å². The molecule has 1 aliphatic heterocycles. The third kappa shape index (κ3) is 5.14. The first-order valence-corrected chi connectivity index (χ1v) is 9.02. The van der Waals surface area contributed by atoms with E-state index < -0.39 is 0 Å². The van der Waals surface area contributed by atoms with Crippen LogP contribution >= 0.6 is 24.8 Å². The van der Waals surface area contributed by atoms with Gasteiger partial charge in [-0.15, -0.1) is 35.0 Å². The molecule has 0 spiro atoms. The first-order chi connectivity index (χ1) is 13.1. The van der Waals surface area contributed by atoms with Crippen molar-refractivity contribution >= 4 is 30.8 Å². The number of rotatable bonds is 5. The molecule has 1 unspecified atom stereocenters. The summed E-state index contributed by atoms with van der Waals surface area (Å²) < 4.78 is 0. The molecule has 2 N–H and O–H groups in total. The number of phenols is 1. The van der Waals surface area contributed by atoms with Gasteiger partial charge in [-0.05, 0) is 44.1 Å². The van der Waals surface area contributed by atoms with Gasteiger partial charge in [0.15, 0.2) is 0 Å². The van der Waals surface area contributed by atoms with E-state index in [2.05, 4.69) is 49.3 Å².